The Morgan fingerprint density at radius 1 is 1.14 bits per heavy atom. The molecule has 1 aromatic heterocycles. The van der Waals surface area contributed by atoms with E-state index in [0.29, 0.717) is 23.4 Å². The molecule has 29 heavy (non-hydrogen) atoms. The minimum Gasteiger partial charge on any atom is -0.481 e. The fourth-order valence-electron chi connectivity index (χ4n) is 3.13. The Kier molecular flexibility index (Phi) is 5.29. The van der Waals surface area contributed by atoms with E-state index in [9.17, 15) is 4.79 Å². The van der Waals surface area contributed by atoms with E-state index in [4.69, 9.17) is 4.74 Å². The number of nitrogens with one attached hydrogen (secondary N) is 1. The van der Waals surface area contributed by atoms with Gasteiger partial charge in [-0.3, -0.25) is 4.79 Å². The van der Waals surface area contributed by atoms with E-state index in [1.165, 1.54) is 5.56 Å². The quantitative estimate of drug-likeness (QED) is 0.653. The third kappa shape index (κ3) is 4.45. The van der Waals surface area contributed by atoms with Crippen molar-refractivity contribution < 1.29 is 9.53 Å². The van der Waals surface area contributed by atoms with Gasteiger partial charge in [0.25, 0.3) is 5.91 Å². The summed E-state index contributed by atoms with van der Waals surface area (Å²) < 4.78 is 7.71. The Bertz CT molecular complexity index is 1010. The predicted molar refractivity (Wildman–Crippen MR) is 111 cm³/mol. The predicted octanol–water partition coefficient (Wildman–Crippen LogP) is 4.20. The van der Waals surface area contributed by atoms with Gasteiger partial charge in [0.1, 0.15) is 5.75 Å². The third-order valence-electron chi connectivity index (χ3n) is 4.98. The molecule has 1 aliphatic carbocycles. The second-order valence-corrected chi connectivity index (χ2v) is 7.74. The van der Waals surface area contributed by atoms with Crippen LogP contribution >= 0.6 is 0 Å². The molecule has 0 radical (unpaired) electrons. The molecule has 1 aliphatic rings. The zero-order valence-corrected chi connectivity index (χ0v) is 16.9. The molecule has 150 valence electrons. The van der Waals surface area contributed by atoms with Crippen molar-refractivity contribution in [3.05, 3.63) is 54.1 Å². The molecule has 1 heterocycles. The summed E-state index contributed by atoms with van der Waals surface area (Å²) in [5.41, 5.74) is 2.73. The van der Waals surface area contributed by atoms with Crippen LogP contribution in [0.1, 0.15) is 51.1 Å². The van der Waals surface area contributed by atoms with Crippen LogP contribution in [0, 0.1) is 0 Å². The molecular formula is C22H25N5O2. The van der Waals surface area contributed by atoms with Crippen molar-refractivity contribution in [3.8, 4) is 17.1 Å². The number of anilines is 1. The molecule has 0 bridgehead atoms. The number of carbonyl (C=O) groups is 1. The lowest BCUT2D eigenvalue weighted by Crippen LogP contribution is -2.30. The molecule has 1 saturated carbocycles. The fraction of sp³-hybridized carbons (Fsp3) is 0.364. The minimum atomic E-state index is -0.627. The van der Waals surface area contributed by atoms with E-state index < -0.39 is 6.10 Å². The summed E-state index contributed by atoms with van der Waals surface area (Å²) in [4.78, 5) is 12.6. The van der Waals surface area contributed by atoms with Gasteiger partial charge in [0.05, 0.1) is 6.04 Å². The van der Waals surface area contributed by atoms with E-state index in [-0.39, 0.29) is 5.91 Å². The highest BCUT2D eigenvalue weighted by atomic mass is 16.5. The molecule has 1 N–H and O–H groups in total. The van der Waals surface area contributed by atoms with Crippen molar-refractivity contribution in [2.75, 3.05) is 5.32 Å². The maximum atomic E-state index is 12.6. The Morgan fingerprint density at radius 2 is 1.93 bits per heavy atom. The van der Waals surface area contributed by atoms with Crippen LogP contribution in [0.2, 0.25) is 0 Å². The van der Waals surface area contributed by atoms with Crippen molar-refractivity contribution in [2.45, 2.75) is 51.7 Å². The average Bonchev–Trinajstić information content (AvgIpc) is 3.44. The summed E-state index contributed by atoms with van der Waals surface area (Å²) in [6.45, 7) is 6.00. The summed E-state index contributed by atoms with van der Waals surface area (Å²) in [5, 5.41) is 15.0. The Morgan fingerprint density at radius 3 is 2.69 bits per heavy atom. The molecule has 0 spiro atoms. The first kappa shape index (κ1) is 19.1. The number of tetrazole rings is 1. The van der Waals surface area contributed by atoms with E-state index in [0.717, 1.165) is 24.2 Å². The van der Waals surface area contributed by atoms with Gasteiger partial charge in [-0.2, -0.15) is 0 Å². The average molecular weight is 391 g/mol. The van der Waals surface area contributed by atoms with E-state index in [1.54, 1.807) is 6.92 Å². The number of amides is 1. The molecule has 4 rings (SSSR count). The minimum absolute atomic E-state index is 0.209. The monoisotopic (exact) mass is 391 g/mol. The normalized spacial score (nSPS) is 14.6. The Balaban J connectivity index is 1.44. The lowest BCUT2D eigenvalue weighted by Gasteiger charge is -2.16. The fourth-order valence-corrected chi connectivity index (χ4v) is 3.13. The highest BCUT2D eigenvalue weighted by molar-refractivity contribution is 5.94. The smallest absolute Gasteiger partial charge is 0.265 e. The Labute approximate surface area is 170 Å². The highest BCUT2D eigenvalue weighted by Gasteiger charge is 2.28. The van der Waals surface area contributed by atoms with Crippen LogP contribution in [0.4, 0.5) is 5.69 Å². The van der Waals surface area contributed by atoms with E-state index in [1.807, 2.05) is 47.1 Å². The molecule has 7 nitrogen and oxygen atoms in total. The van der Waals surface area contributed by atoms with Crippen LogP contribution in [0.15, 0.2) is 48.5 Å². The summed E-state index contributed by atoms with van der Waals surface area (Å²) in [6, 6.07) is 15.8. The van der Waals surface area contributed by atoms with Gasteiger partial charge in [-0.1, -0.05) is 38.1 Å². The van der Waals surface area contributed by atoms with Gasteiger partial charge < -0.3 is 10.1 Å². The van der Waals surface area contributed by atoms with Crippen LogP contribution in [0.5, 0.6) is 5.75 Å². The lowest BCUT2D eigenvalue weighted by molar-refractivity contribution is -0.122. The molecule has 1 amide bonds. The molecule has 2 aromatic carbocycles. The van der Waals surface area contributed by atoms with Crippen molar-refractivity contribution in [1.29, 1.82) is 0 Å². The first-order valence-electron chi connectivity index (χ1n) is 9.97. The second kappa shape index (κ2) is 8.03. The number of ether oxygens (including phenoxy) is 1. The first-order chi connectivity index (χ1) is 14.0. The summed E-state index contributed by atoms with van der Waals surface area (Å²) in [6.07, 6.45) is 1.57. The number of hydrogen-bond donors (Lipinski definition) is 1. The second-order valence-electron chi connectivity index (χ2n) is 7.74. The SMILES string of the molecule is CC(Oc1cccc(C(C)C)c1)C(=O)Nc1cccc(-c2nnnn2C2CC2)c1. The van der Waals surface area contributed by atoms with Crippen LogP contribution in [-0.4, -0.2) is 32.2 Å². The van der Waals surface area contributed by atoms with Crippen LogP contribution < -0.4 is 10.1 Å². The van der Waals surface area contributed by atoms with Gasteiger partial charge in [0.15, 0.2) is 11.9 Å². The first-order valence-corrected chi connectivity index (χ1v) is 9.97. The van der Waals surface area contributed by atoms with Crippen LogP contribution in [0.3, 0.4) is 0 Å². The summed E-state index contributed by atoms with van der Waals surface area (Å²) >= 11 is 0. The molecule has 1 fully saturated rings. The molecule has 1 atom stereocenters. The maximum Gasteiger partial charge on any atom is 0.265 e. The number of carbonyl (C=O) groups excluding carboxylic acids is 1. The molecule has 7 heteroatoms. The summed E-state index contributed by atoms with van der Waals surface area (Å²) in [7, 11) is 0. The Hall–Kier alpha value is -3.22. The number of nitrogens with zero attached hydrogens (tertiary/aromatic N) is 4. The summed E-state index contributed by atoms with van der Waals surface area (Å²) in [5.74, 6) is 1.60. The van der Waals surface area contributed by atoms with E-state index in [2.05, 4.69) is 40.8 Å². The standard InChI is InChI=1S/C22H25N5O2/c1-14(2)16-6-5-9-20(13-16)29-15(3)22(28)23-18-8-4-7-17(12-18)21-24-25-26-27(21)19-10-11-19/h4-9,12-15,19H,10-11H2,1-3H3,(H,23,28). The number of benzene rings is 2. The van der Waals surface area contributed by atoms with Crippen molar-refractivity contribution in [2.24, 2.45) is 0 Å². The molecule has 1 unspecified atom stereocenters. The van der Waals surface area contributed by atoms with Crippen molar-refractivity contribution >= 4 is 11.6 Å². The third-order valence-corrected chi connectivity index (χ3v) is 4.98. The largest absolute Gasteiger partial charge is 0.481 e. The number of aromatic nitrogens is 4. The van der Waals surface area contributed by atoms with Gasteiger partial charge in [-0.15, -0.1) is 5.10 Å². The van der Waals surface area contributed by atoms with Gasteiger partial charge in [0.2, 0.25) is 0 Å². The zero-order chi connectivity index (χ0) is 20.4. The maximum absolute atomic E-state index is 12.6. The van der Waals surface area contributed by atoms with Gasteiger partial charge in [0, 0.05) is 11.3 Å². The molecule has 3 aromatic rings. The topological polar surface area (TPSA) is 81.9 Å². The van der Waals surface area contributed by atoms with Crippen LogP contribution in [-0.2, 0) is 4.79 Å². The molecular weight excluding hydrogens is 366 g/mol. The van der Waals surface area contributed by atoms with E-state index >= 15 is 0 Å². The zero-order valence-electron chi connectivity index (χ0n) is 16.9. The number of hydrogen-bond acceptors (Lipinski definition) is 5. The van der Waals surface area contributed by atoms with Gasteiger partial charge >= 0.3 is 0 Å². The van der Waals surface area contributed by atoms with Crippen LogP contribution in [0.25, 0.3) is 11.4 Å². The van der Waals surface area contributed by atoms with Gasteiger partial charge in [-0.25, -0.2) is 4.68 Å². The van der Waals surface area contributed by atoms with Gasteiger partial charge in [-0.05, 0) is 65.9 Å². The lowest BCUT2D eigenvalue weighted by atomic mass is 10.0. The van der Waals surface area contributed by atoms with Crippen molar-refractivity contribution in [3.63, 3.8) is 0 Å². The molecule has 0 saturated heterocycles. The highest BCUT2D eigenvalue weighted by Crippen LogP contribution is 2.36. The molecule has 0 aliphatic heterocycles. The van der Waals surface area contributed by atoms with Crippen molar-refractivity contribution in [1.82, 2.24) is 20.2 Å². The number of rotatable bonds is 7.